The van der Waals surface area contributed by atoms with Crippen LogP contribution in [0.2, 0.25) is 5.15 Å². The average Bonchev–Trinajstić information content (AvgIpc) is 3.07. The quantitative estimate of drug-likeness (QED) is 0.595. The molecule has 0 bridgehead atoms. The Morgan fingerprint density at radius 2 is 1.74 bits per heavy atom. The third-order valence-corrected chi connectivity index (χ3v) is 5.40. The second kappa shape index (κ2) is 9.32. The summed E-state index contributed by atoms with van der Waals surface area (Å²) in [5.41, 5.74) is 3.74. The van der Waals surface area contributed by atoms with Gasteiger partial charge >= 0.3 is 0 Å². The van der Waals surface area contributed by atoms with Gasteiger partial charge in [0, 0.05) is 36.1 Å². The van der Waals surface area contributed by atoms with Gasteiger partial charge in [0.05, 0.1) is 24.6 Å². The minimum absolute atomic E-state index is 0.274. The fourth-order valence-electron chi connectivity index (χ4n) is 3.37. The molecule has 1 fully saturated rings. The number of nitrogens with one attached hydrogen (secondary N) is 1. The van der Waals surface area contributed by atoms with Gasteiger partial charge in [-0.25, -0.2) is 9.07 Å². The van der Waals surface area contributed by atoms with Gasteiger partial charge in [-0.1, -0.05) is 11.6 Å². The number of hydrogen-bond acceptors (Lipinski definition) is 4. The zero-order valence-corrected chi connectivity index (χ0v) is 17.8. The molecule has 4 rings (SSSR count). The smallest absolute Gasteiger partial charge is 0.248 e. The van der Waals surface area contributed by atoms with Crippen molar-refractivity contribution in [1.82, 2.24) is 9.78 Å². The van der Waals surface area contributed by atoms with Gasteiger partial charge in [0.15, 0.2) is 0 Å². The summed E-state index contributed by atoms with van der Waals surface area (Å²) < 4.78 is 20.1. The molecule has 1 saturated heterocycles. The van der Waals surface area contributed by atoms with Gasteiger partial charge in [-0.15, -0.1) is 0 Å². The molecule has 1 aromatic heterocycles. The summed E-state index contributed by atoms with van der Waals surface area (Å²) in [6.07, 6.45) is 3.04. The minimum atomic E-state index is -0.335. The number of rotatable bonds is 5. The fraction of sp³-hybridized carbons (Fsp3) is 0.217. The third kappa shape index (κ3) is 4.95. The summed E-state index contributed by atoms with van der Waals surface area (Å²) in [4.78, 5) is 14.6. The SMILES string of the molecule is Cc1nn(-c2ccc(F)cc2)c(Cl)c1/C=C/C(=O)Nc1ccc(N2CCOCC2)cc1. The van der Waals surface area contributed by atoms with Crippen LogP contribution < -0.4 is 10.2 Å². The van der Waals surface area contributed by atoms with Crippen molar-refractivity contribution in [3.8, 4) is 5.69 Å². The van der Waals surface area contributed by atoms with Gasteiger partial charge in [-0.05, 0) is 61.5 Å². The number of anilines is 2. The van der Waals surface area contributed by atoms with E-state index in [9.17, 15) is 9.18 Å². The number of carbonyl (C=O) groups excluding carboxylic acids is 1. The molecular formula is C23H22ClFN4O2. The number of benzene rings is 2. The summed E-state index contributed by atoms with van der Waals surface area (Å²) in [6.45, 7) is 4.97. The number of hydrogen-bond donors (Lipinski definition) is 1. The van der Waals surface area contributed by atoms with Crippen LogP contribution in [0.4, 0.5) is 15.8 Å². The molecule has 1 amide bonds. The minimum Gasteiger partial charge on any atom is -0.378 e. The highest BCUT2D eigenvalue weighted by atomic mass is 35.5. The standard InChI is InChI=1S/C23H22ClFN4O2/c1-16-21(23(24)29(27-16)20-6-2-17(25)3-7-20)10-11-22(30)26-18-4-8-19(9-5-18)28-12-14-31-15-13-28/h2-11H,12-15H2,1H3,(H,26,30)/b11-10+. The van der Waals surface area contributed by atoms with Crippen LogP contribution in [0, 0.1) is 12.7 Å². The molecule has 31 heavy (non-hydrogen) atoms. The average molecular weight is 441 g/mol. The monoisotopic (exact) mass is 440 g/mol. The molecule has 8 heteroatoms. The molecule has 2 heterocycles. The molecule has 160 valence electrons. The first-order valence-corrected chi connectivity index (χ1v) is 10.3. The first-order valence-electron chi connectivity index (χ1n) is 9.94. The molecule has 1 N–H and O–H groups in total. The van der Waals surface area contributed by atoms with E-state index in [4.69, 9.17) is 16.3 Å². The molecule has 6 nitrogen and oxygen atoms in total. The van der Waals surface area contributed by atoms with E-state index in [1.165, 1.54) is 22.9 Å². The zero-order chi connectivity index (χ0) is 21.8. The fourth-order valence-corrected chi connectivity index (χ4v) is 3.71. The summed E-state index contributed by atoms with van der Waals surface area (Å²) in [7, 11) is 0. The van der Waals surface area contributed by atoms with Gasteiger partial charge in [0.25, 0.3) is 0 Å². The first kappa shape index (κ1) is 21.1. The maximum absolute atomic E-state index is 13.2. The van der Waals surface area contributed by atoms with Gasteiger partial charge in [-0.3, -0.25) is 4.79 Å². The zero-order valence-electron chi connectivity index (χ0n) is 17.0. The Kier molecular flexibility index (Phi) is 6.34. The van der Waals surface area contributed by atoms with Crippen molar-refractivity contribution in [3.05, 3.63) is 76.8 Å². The third-order valence-electron chi connectivity index (χ3n) is 5.03. The maximum atomic E-state index is 13.2. The number of carbonyl (C=O) groups is 1. The van der Waals surface area contributed by atoms with Crippen LogP contribution in [0.1, 0.15) is 11.3 Å². The van der Waals surface area contributed by atoms with Gasteiger partial charge < -0.3 is 15.0 Å². The van der Waals surface area contributed by atoms with Gasteiger partial charge in [-0.2, -0.15) is 5.10 Å². The normalized spacial score (nSPS) is 14.2. The van der Waals surface area contributed by atoms with Crippen molar-refractivity contribution in [2.24, 2.45) is 0 Å². The molecule has 0 spiro atoms. The number of aryl methyl sites for hydroxylation is 1. The second-order valence-corrected chi connectivity index (χ2v) is 7.51. The number of nitrogens with zero attached hydrogens (tertiary/aromatic N) is 3. The summed E-state index contributed by atoms with van der Waals surface area (Å²) in [6, 6.07) is 13.6. The molecule has 0 atom stereocenters. The highest BCUT2D eigenvalue weighted by molar-refractivity contribution is 6.31. The Morgan fingerprint density at radius 3 is 2.42 bits per heavy atom. The molecule has 0 radical (unpaired) electrons. The highest BCUT2D eigenvalue weighted by Gasteiger charge is 2.14. The van der Waals surface area contributed by atoms with Crippen LogP contribution in [0.15, 0.2) is 54.6 Å². The van der Waals surface area contributed by atoms with Crippen molar-refractivity contribution >= 4 is 35.0 Å². The molecule has 1 aliphatic heterocycles. The van der Waals surface area contributed by atoms with Crippen LogP contribution in [0.5, 0.6) is 0 Å². The summed E-state index contributed by atoms with van der Waals surface area (Å²) in [5, 5.41) is 7.59. The predicted molar refractivity (Wildman–Crippen MR) is 120 cm³/mol. The molecule has 3 aromatic rings. The van der Waals surface area contributed by atoms with E-state index in [2.05, 4.69) is 15.3 Å². The van der Waals surface area contributed by atoms with E-state index in [0.717, 1.165) is 32.0 Å². The van der Waals surface area contributed by atoms with Crippen molar-refractivity contribution < 1.29 is 13.9 Å². The van der Waals surface area contributed by atoms with Gasteiger partial charge in [0.1, 0.15) is 11.0 Å². The Bertz CT molecular complexity index is 1090. The van der Waals surface area contributed by atoms with Crippen LogP contribution in [-0.2, 0) is 9.53 Å². The Labute approximate surface area is 184 Å². The van der Waals surface area contributed by atoms with Crippen LogP contribution in [0.3, 0.4) is 0 Å². The van der Waals surface area contributed by atoms with E-state index in [1.807, 2.05) is 24.3 Å². The topological polar surface area (TPSA) is 59.4 Å². The van der Waals surface area contributed by atoms with Gasteiger partial charge in [0.2, 0.25) is 5.91 Å². The summed E-state index contributed by atoms with van der Waals surface area (Å²) >= 11 is 6.45. The molecule has 0 unspecified atom stereocenters. The maximum Gasteiger partial charge on any atom is 0.248 e. The lowest BCUT2D eigenvalue weighted by Gasteiger charge is -2.28. The van der Waals surface area contributed by atoms with E-state index in [0.29, 0.717) is 27.8 Å². The van der Waals surface area contributed by atoms with Crippen molar-refractivity contribution in [1.29, 1.82) is 0 Å². The van der Waals surface area contributed by atoms with E-state index in [-0.39, 0.29) is 11.7 Å². The summed E-state index contributed by atoms with van der Waals surface area (Å²) in [5.74, 6) is -0.609. The van der Waals surface area contributed by atoms with Crippen molar-refractivity contribution in [2.45, 2.75) is 6.92 Å². The Morgan fingerprint density at radius 1 is 1.10 bits per heavy atom. The molecule has 0 saturated carbocycles. The number of aromatic nitrogens is 2. The van der Waals surface area contributed by atoms with Crippen LogP contribution >= 0.6 is 11.6 Å². The van der Waals surface area contributed by atoms with Crippen molar-refractivity contribution in [2.75, 3.05) is 36.5 Å². The second-order valence-electron chi connectivity index (χ2n) is 7.15. The lowest BCUT2D eigenvalue weighted by atomic mass is 10.2. The number of ether oxygens (including phenoxy) is 1. The predicted octanol–water partition coefficient (Wildman–Crippen LogP) is 4.46. The number of morpholine rings is 1. The van der Waals surface area contributed by atoms with Crippen LogP contribution in [0.25, 0.3) is 11.8 Å². The Hall–Kier alpha value is -3.16. The Balaban J connectivity index is 1.43. The molecular weight excluding hydrogens is 419 g/mol. The lowest BCUT2D eigenvalue weighted by Crippen LogP contribution is -2.36. The molecule has 2 aromatic carbocycles. The largest absolute Gasteiger partial charge is 0.378 e. The van der Waals surface area contributed by atoms with E-state index < -0.39 is 0 Å². The molecule has 1 aliphatic rings. The van der Waals surface area contributed by atoms with Crippen LogP contribution in [-0.4, -0.2) is 42.0 Å². The lowest BCUT2D eigenvalue weighted by molar-refractivity contribution is -0.111. The number of halogens is 2. The number of amides is 1. The highest BCUT2D eigenvalue weighted by Crippen LogP contribution is 2.25. The molecule has 0 aliphatic carbocycles. The van der Waals surface area contributed by atoms with Crippen molar-refractivity contribution in [3.63, 3.8) is 0 Å². The first-order chi connectivity index (χ1) is 15.0. The van der Waals surface area contributed by atoms with E-state index in [1.54, 1.807) is 25.1 Å². The van der Waals surface area contributed by atoms with E-state index >= 15 is 0 Å².